The molecular formula is C64H68Br2N4O4S2. The molecule has 4 heterocycles. The van der Waals surface area contributed by atoms with E-state index in [0.717, 1.165) is 140 Å². The number of carbonyl (C=O) groups is 2. The smallest absolute Gasteiger partial charge is 0.261 e. The van der Waals surface area contributed by atoms with E-state index in [9.17, 15) is 9.59 Å². The van der Waals surface area contributed by atoms with Crippen LogP contribution in [0.1, 0.15) is 149 Å². The van der Waals surface area contributed by atoms with Crippen LogP contribution in [0.25, 0.3) is 33.6 Å². The Labute approximate surface area is 475 Å². The molecule has 0 spiro atoms. The minimum Gasteiger partial charge on any atom is -0.494 e. The third-order valence-corrected chi connectivity index (χ3v) is 17.5. The lowest BCUT2D eigenvalue weighted by atomic mass is 10.0. The van der Waals surface area contributed by atoms with Crippen LogP contribution in [0.15, 0.2) is 140 Å². The molecule has 2 amide bonds. The molecule has 2 aliphatic heterocycles. The summed E-state index contributed by atoms with van der Waals surface area (Å²) >= 11 is 10.5. The Balaban J connectivity index is 0.709. The summed E-state index contributed by atoms with van der Waals surface area (Å²) in [6.45, 7) is 2.64. The molecule has 0 unspecified atom stereocenters. The maximum atomic E-state index is 14.6. The average Bonchev–Trinajstić information content (AvgIpc) is 4.28. The third kappa shape index (κ3) is 15.7. The standard InChI is InChI=1S/C64H68Br2N4O4S2/c65-57-39-37-55(75-57)61-59-60(63(71)69(61)41-17-13-9-5-1-3-7-11-15-19-43-73-53-33-29-51(30-34-53)49-25-21-47(45-67)22-26-49)62(56-38-40-58(66)76-56)70(64(59)72)42-18-14-10-6-2-4-8-12-16-20-44-74-54-35-31-52(32-36-54)50-27-23-48(46-68)24-28-50/h21-40H,1-20,41-44H2. The van der Waals surface area contributed by atoms with Crippen molar-refractivity contribution in [2.45, 2.75) is 128 Å². The normalized spacial score (nSPS) is 13.2. The Morgan fingerprint density at radius 1 is 0.382 bits per heavy atom. The first-order valence-corrected chi connectivity index (χ1v) is 30.6. The SMILES string of the molecule is N#Cc1ccc(-c2ccc(OCCCCCCCCCCCCN3C(=O)C4=C(c5ccc(Br)s5)N(CCCCCCCCCCCCOc5ccc(-c6ccc(C#N)cc6)cc5)C(=O)C4=C3c3ccc(Br)s3)cc2)cc1. The number of hydrogen-bond donors (Lipinski definition) is 0. The van der Waals surface area contributed by atoms with Crippen molar-refractivity contribution < 1.29 is 19.1 Å². The lowest BCUT2D eigenvalue weighted by molar-refractivity contribution is -0.124. The van der Waals surface area contributed by atoms with Crippen molar-refractivity contribution in [1.82, 2.24) is 9.80 Å². The Hall–Kier alpha value is -5.76. The second-order valence-electron chi connectivity index (χ2n) is 19.8. The van der Waals surface area contributed by atoms with E-state index in [0.29, 0.717) is 35.4 Å². The predicted octanol–water partition coefficient (Wildman–Crippen LogP) is 18.2. The van der Waals surface area contributed by atoms with Gasteiger partial charge >= 0.3 is 0 Å². The van der Waals surface area contributed by atoms with Gasteiger partial charge in [0, 0.05) is 13.1 Å². The highest BCUT2D eigenvalue weighted by molar-refractivity contribution is 9.11. The molecule has 6 aromatic rings. The first kappa shape index (κ1) is 56.4. The highest BCUT2D eigenvalue weighted by atomic mass is 79.9. The molecule has 394 valence electrons. The molecule has 0 N–H and O–H groups in total. The highest BCUT2D eigenvalue weighted by Gasteiger charge is 2.49. The lowest BCUT2D eigenvalue weighted by Gasteiger charge is -2.24. The van der Waals surface area contributed by atoms with Gasteiger partial charge in [0.2, 0.25) is 0 Å². The molecule has 4 aromatic carbocycles. The number of carbonyl (C=O) groups excluding carboxylic acids is 2. The molecule has 0 radical (unpaired) electrons. The van der Waals surface area contributed by atoms with Crippen LogP contribution >= 0.6 is 54.5 Å². The van der Waals surface area contributed by atoms with Crippen LogP contribution in [0.2, 0.25) is 0 Å². The van der Waals surface area contributed by atoms with Crippen LogP contribution in [0.4, 0.5) is 0 Å². The van der Waals surface area contributed by atoms with Crippen molar-refractivity contribution in [3.63, 3.8) is 0 Å². The fourth-order valence-electron chi connectivity index (χ4n) is 10.1. The molecule has 8 rings (SSSR count). The molecule has 8 nitrogen and oxygen atoms in total. The summed E-state index contributed by atoms with van der Waals surface area (Å²) in [5, 5.41) is 18.1. The van der Waals surface area contributed by atoms with E-state index in [1.165, 1.54) is 64.2 Å². The summed E-state index contributed by atoms with van der Waals surface area (Å²) < 4.78 is 14.0. The second kappa shape index (κ2) is 29.7. The van der Waals surface area contributed by atoms with Crippen LogP contribution in [0.5, 0.6) is 11.5 Å². The minimum atomic E-state index is -0.0490. The number of amides is 2. The van der Waals surface area contributed by atoms with Crippen molar-refractivity contribution in [3.8, 4) is 45.9 Å². The molecule has 2 aromatic heterocycles. The molecule has 12 heteroatoms. The van der Waals surface area contributed by atoms with Crippen molar-refractivity contribution in [3.05, 3.63) is 161 Å². The van der Waals surface area contributed by atoms with Crippen molar-refractivity contribution in [1.29, 1.82) is 10.5 Å². The van der Waals surface area contributed by atoms with E-state index >= 15 is 0 Å². The van der Waals surface area contributed by atoms with Crippen LogP contribution < -0.4 is 9.47 Å². The van der Waals surface area contributed by atoms with Crippen molar-refractivity contribution >= 4 is 77.7 Å². The number of nitrogens with zero attached hydrogens (tertiary/aromatic N) is 4. The van der Waals surface area contributed by atoms with Crippen molar-refractivity contribution in [2.75, 3.05) is 26.3 Å². The Morgan fingerprint density at radius 2 is 0.671 bits per heavy atom. The summed E-state index contributed by atoms with van der Waals surface area (Å²) in [7, 11) is 0. The van der Waals surface area contributed by atoms with E-state index in [1.54, 1.807) is 22.7 Å². The molecular weight excluding hydrogens is 1110 g/mol. The van der Waals surface area contributed by atoms with Gasteiger partial charge in [0.25, 0.3) is 11.8 Å². The van der Waals surface area contributed by atoms with Gasteiger partial charge in [-0.15, -0.1) is 22.7 Å². The molecule has 0 atom stereocenters. The molecule has 76 heavy (non-hydrogen) atoms. The number of unbranched alkanes of at least 4 members (excludes halogenated alkanes) is 18. The van der Waals surface area contributed by atoms with Gasteiger partial charge in [-0.05, 0) is 153 Å². The van der Waals surface area contributed by atoms with Gasteiger partial charge in [-0.1, -0.05) is 151 Å². The topological polar surface area (TPSA) is 107 Å². The average molecular weight is 1180 g/mol. The number of thiophene rings is 2. The first-order valence-electron chi connectivity index (χ1n) is 27.4. The van der Waals surface area contributed by atoms with Gasteiger partial charge in [-0.3, -0.25) is 9.59 Å². The van der Waals surface area contributed by atoms with Gasteiger partial charge in [0.15, 0.2) is 0 Å². The number of hydrogen-bond acceptors (Lipinski definition) is 8. The Bertz CT molecular complexity index is 2780. The van der Waals surface area contributed by atoms with Gasteiger partial charge in [0.05, 0.1) is 76.3 Å². The molecule has 0 aliphatic carbocycles. The number of fused-ring (bicyclic) bond motifs is 1. The lowest BCUT2D eigenvalue weighted by Crippen LogP contribution is -2.30. The fourth-order valence-corrected chi connectivity index (χ4v) is 13.0. The molecule has 0 saturated heterocycles. The zero-order valence-corrected chi connectivity index (χ0v) is 48.3. The zero-order chi connectivity index (χ0) is 52.9. The maximum Gasteiger partial charge on any atom is 0.261 e. The van der Waals surface area contributed by atoms with Gasteiger partial charge in [-0.25, -0.2) is 0 Å². The summed E-state index contributed by atoms with van der Waals surface area (Å²) in [6.07, 6.45) is 22.8. The second-order valence-corrected chi connectivity index (χ2v) is 24.7. The first-order chi connectivity index (χ1) is 37.3. The van der Waals surface area contributed by atoms with Crippen LogP contribution in [0, 0.1) is 22.7 Å². The molecule has 2 aliphatic rings. The monoisotopic (exact) mass is 1180 g/mol. The predicted molar refractivity (Wildman–Crippen MR) is 318 cm³/mol. The number of nitriles is 2. The largest absolute Gasteiger partial charge is 0.494 e. The van der Waals surface area contributed by atoms with E-state index < -0.39 is 0 Å². The molecule has 0 bridgehead atoms. The summed E-state index contributed by atoms with van der Waals surface area (Å²) in [4.78, 5) is 35.0. The summed E-state index contributed by atoms with van der Waals surface area (Å²) in [5.41, 5.74) is 8.42. The summed E-state index contributed by atoms with van der Waals surface area (Å²) in [5.74, 6) is 1.68. The van der Waals surface area contributed by atoms with Crippen molar-refractivity contribution in [2.24, 2.45) is 0 Å². The van der Waals surface area contributed by atoms with Crippen LogP contribution in [0.3, 0.4) is 0 Å². The number of rotatable bonds is 32. The quantitative estimate of drug-likeness (QED) is 0.0390. The summed E-state index contributed by atoms with van der Waals surface area (Å²) in [6, 6.07) is 44.1. The van der Waals surface area contributed by atoms with E-state index in [4.69, 9.17) is 20.0 Å². The minimum absolute atomic E-state index is 0.0490. The van der Waals surface area contributed by atoms with Gasteiger partial charge < -0.3 is 19.3 Å². The van der Waals surface area contributed by atoms with E-state index in [1.807, 2.05) is 107 Å². The highest BCUT2D eigenvalue weighted by Crippen LogP contribution is 2.49. The fraction of sp³-hybridized carbons (Fsp3) is 0.375. The molecule has 0 saturated carbocycles. The van der Waals surface area contributed by atoms with Gasteiger partial charge in [-0.2, -0.15) is 10.5 Å². The molecule has 0 fully saturated rings. The van der Waals surface area contributed by atoms with E-state index in [-0.39, 0.29) is 11.8 Å². The maximum absolute atomic E-state index is 14.6. The number of halogens is 2. The third-order valence-electron chi connectivity index (χ3n) is 14.3. The zero-order valence-electron chi connectivity index (χ0n) is 43.5. The van der Waals surface area contributed by atoms with Crippen LogP contribution in [-0.4, -0.2) is 47.9 Å². The van der Waals surface area contributed by atoms with Gasteiger partial charge in [0.1, 0.15) is 11.5 Å². The van der Waals surface area contributed by atoms with E-state index in [2.05, 4.69) is 68.3 Å². The number of benzene rings is 4. The number of ether oxygens (including phenoxy) is 2. The Morgan fingerprint density at radius 3 is 0.961 bits per heavy atom. The van der Waals surface area contributed by atoms with Crippen LogP contribution in [-0.2, 0) is 9.59 Å². The Kier molecular flexibility index (Phi) is 22.0.